The number of amides is 4. The number of halogens is 6. The summed E-state index contributed by atoms with van der Waals surface area (Å²) in [6.07, 6.45) is 6.55. The van der Waals surface area contributed by atoms with Crippen molar-refractivity contribution in [3.05, 3.63) is 165 Å². The van der Waals surface area contributed by atoms with E-state index in [0.29, 0.717) is 59.4 Å². The Balaban J connectivity index is 0.000000139. The zero-order valence-corrected chi connectivity index (χ0v) is 73.8. The zero-order chi connectivity index (χ0) is 82.1. The van der Waals surface area contributed by atoms with E-state index in [1.54, 1.807) is 19.6 Å². The van der Waals surface area contributed by atoms with Gasteiger partial charge >= 0.3 is 24.4 Å². The Morgan fingerprint density at radius 1 is 0.328 bits per heavy atom. The summed E-state index contributed by atoms with van der Waals surface area (Å²) in [5, 5.41) is 4.66. The van der Waals surface area contributed by atoms with Gasteiger partial charge in [0.15, 0.2) is 32.2 Å². The van der Waals surface area contributed by atoms with E-state index < -0.39 is 16.8 Å². The maximum Gasteiger partial charge on any atom is 0.410 e. The van der Waals surface area contributed by atoms with Crippen LogP contribution in [0.3, 0.4) is 0 Å². The highest BCUT2D eigenvalue weighted by Crippen LogP contribution is 2.38. The fourth-order valence-corrected chi connectivity index (χ4v) is 15.3. The van der Waals surface area contributed by atoms with Crippen molar-refractivity contribution in [3.8, 4) is 0 Å². The number of rotatable bonds is 6. The lowest BCUT2D eigenvalue weighted by atomic mass is 9.95. The molecule has 31 heteroatoms. The zero-order valence-electron chi connectivity index (χ0n) is 67.8. The first-order chi connectivity index (χ1) is 54.6. The lowest BCUT2D eigenvalue weighted by Gasteiger charge is -2.41. The van der Waals surface area contributed by atoms with Crippen LogP contribution in [0, 0.1) is 0 Å². The molecule has 4 amide bonds. The SMILES string of the molecule is CC(C)(C)OC(=O)N1CC(I)C1.CC(C)(C)OC(=O)N1CC(c2nc3ccccc3nc2Cl)C1.CC(C)(C)OC(=O)N1CC(c2nc3ccccc3nc2Cl)C1.CC(C)(C)OC(=O)N1CC(c2nc3ccccc3nc2N2CCCCC2)C1.Cl.Clc1nc2ccccc2nc1Cl.c1ccc2nc(N3CCCCC3)c(C3CNC3)nc2c1. The van der Waals surface area contributed by atoms with E-state index in [4.69, 9.17) is 85.3 Å². The molecule has 0 atom stereocenters. The summed E-state index contributed by atoms with van der Waals surface area (Å²) in [4.78, 5) is 105. The van der Waals surface area contributed by atoms with Crippen LogP contribution in [0.15, 0.2) is 121 Å². The summed E-state index contributed by atoms with van der Waals surface area (Å²) in [7, 11) is 0. The van der Waals surface area contributed by atoms with Gasteiger partial charge in [-0.15, -0.1) is 12.4 Å². The maximum absolute atomic E-state index is 12.3. The smallest absolute Gasteiger partial charge is 0.410 e. The highest BCUT2D eigenvalue weighted by atomic mass is 127. The summed E-state index contributed by atoms with van der Waals surface area (Å²) >= 11 is 26.2. The number of benzene rings is 5. The first kappa shape index (κ1) is 88.4. The fourth-order valence-electron chi connectivity index (χ4n) is 13.5. The van der Waals surface area contributed by atoms with Crippen molar-refractivity contribution in [2.45, 2.75) is 172 Å². The highest BCUT2D eigenvalue weighted by Gasteiger charge is 2.41. The Labute approximate surface area is 718 Å². The standard InChI is InChI=1S/C21H28N4O2.2C16H18ClN3O2.C16H20N4.C8H4Cl2N2.C8H14INO2.ClH/c1-21(2,3)27-20(26)25-13-15(14-25)18-19(24-11-7-4-8-12-24)23-17-10-6-5-9-16(17)22-18;2*1-16(2,3)22-15(21)20-8-10(9-20)13-14(17)19-12-7-5-4-6-11(12)18-13;1-4-8-20(9-5-1)16-15(12-10-17-11-12)18-13-6-2-3-7-14(13)19-16;9-7-8(10)12-6-4-2-1-3-5(6)11-7;1-8(2,3)12-7(11)10-4-6(9)5-10;/h5-6,9-10,15H,4,7-8,11-14H2,1-3H3;2*4-7,10H,8-9H2,1-3H3;2-3,6-7,12,17H,1,4-5,8-11H2;1-4H;6H,4-5H2,1-3H3;1H. The van der Waals surface area contributed by atoms with Crippen LogP contribution in [0.25, 0.3) is 55.2 Å². The Morgan fingerprint density at radius 2 is 0.552 bits per heavy atom. The molecule has 0 bridgehead atoms. The minimum Gasteiger partial charge on any atom is -0.444 e. The van der Waals surface area contributed by atoms with Crippen LogP contribution >= 0.6 is 81.4 Å². The van der Waals surface area contributed by atoms with Crippen molar-refractivity contribution in [1.29, 1.82) is 0 Å². The number of hydrogen-bond acceptors (Lipinski definition) is 21. The molecule has 5 aromatic heterocycles. The van der Waals surface area contributed by atoms with Gasteiger partial charge in [0.2, 0.25) is 0 Å². The van der Waals surface area contributed by atoms with Crippen molar-refractivity contribution in [2.75, 3.05) is 101 Å². The largest absolute Gasteiger partial charge is 0.444 e. The molecule has 1 N–H and O–H groups in total. The molecule has 25 nitrogen and oxygen atoms in total. The van der Waals surface area contributed by atoms with Crippen molar-refractivity contribution in [3.63, 3.8) is 0 Å². The Hall–Kier alpha value is -8.38. The van der Waals surface area contributed by atoms with Crippen molar-refractivity contribution in [1.82, 2.24) is 74.8 Å². The summed E-state index contributed by atoms with van der Waals surface area (Å²) in [5.74, 6) is 3.10. The van der Waals surface area contributed by atoms with Gasteiger partial charge in [0.1, 0.15) is 22.4 Å². The van der Waals surface area contributed by atoms with Crippen LogP contribution in [0.5, 0.6) is 0 Å². The average Bonchev–Trinajstić information content (AvgIpc) is 0.791. The van der Waals surface area contributed by atoms with Crippen LogP contribution in [0.2, 0.25) is 20.6 Å². The fraction of sp³-hybridized carbons (Fsp3) is 0.482. The molecule has 12 heterocycles. The van der Waals surface area contributed by atoms with Crippen molar-refractivity contribution in [2.24, 2.45) is 0 Å². The number of fused-ring (bicyclic) bond motifs is 5. The number of nitrogens with zero attached hydrogens (tertiary/aromatic N) is 16. The van der Waals surface area contributed by atoms with E-state index >= 15 is 0 Å². The molecule has 0 radical (unpaired) electrons. The normalized spacial score (nSPS) is 16.8. The highest BCUT2D eigenvalue weighted by molar-refractivity contribution is 14.1. The van der Waals surface area contributed by atoms with Gasteiger partial charge in [-0.3, -0.25) is 0 Å². The average molecular weight is 1800 g/mol. The Bertz CT molecular complexity index is 4920. The Morgan fingerprint density at radius 3 is 0.802 bits per heavy atom. The lowest BCUT2D eigenvalue weighted by Crippen LogP contribution is -2.52. The molecule has 0 unspecified atom stereocenters. The van der Waals surface area contributed by atoms with E-state index in [0.717, 1.165) is 136 Å². The van der Waals surface area contributed by atoms with E-state index in [1.807, 2.05) is 192 Å². The second-order valence-corrected chi connectivity index (χ2v) is 36.8. The number of carbonyl (C=O) groups excluding carboxylic acids is 4. The summed E-state index contributed by atoms with van der Waals surface area (Å²) in [6, 6.07) is 38.9. The number of likely N-dealkylation sites (tertiary alicyclic amines) is 4. The van der Waals surface area contributed by atoms with Gasteiger partial charge < -0.3 is 53.7 Å². The van der Waals surface area contributed by atoms with Gasteiger partial charge in [0.25, 0.3) is 0 Å². The van der Waals surface area contributed by atoms with Crippen LogP contribution in [0.4, 0.5) is 30.8 Å². The maximum atomic E-state index is 12.3. The molecule has 0 saturated carbocycles. The molecule has 7 aliphatic rings. The van der Waals surface area contributed by atoms with Crippen molar-refractivity contribution >= 4 is 173 Å². The molecule has 116 heavy (non-hydrogen) atoms. The molecule has 5 aromatic carbocycles. The van der Waals surface area contributed by atoms with Gasteiger partial charge in [-0.1, -0.05) is 130 Å². The number of aromatic nitrogens is 10. The minimum atomic E-state index is -0.484. The van der Waals surface area contributed by atoms with E-state index in [2.05, 4.69) is 79.7 Å². The Kier molecular flexibility index (Phi) is 29.4. The van der Waals surface area contributed by atoms with Crippen LogP contribution < -0.4 is 15.1 Å². The van der Waals surface area contributed by atoms with Gasteiger partial charge in [0, 0.05) is 119 Å². The molecular weight excluding hydrogens is 1690 g/mol. The topological polar surface area (TPSA) is 266 Å². The molecule has 0 aliphatic carbocycles. The minimum absolute atomic E-state index is 0. The molecule has 7 fully saturated rings. The van der Waals surface area contributed by atoms with Gasteiger partial charge in [0.05, 0.1) is 77.9 Å². The van der Waals surface area contributed by atoms with E-state index in [-0.39, 0.29) is 70.4 Å². The number of carbonyl (C=O) groups is 4. The second-order valence-electron chi connectivity index (χ2n) is 33.6. The molecule has 0 spiro atoms. The summed E-state index contributed by atoms with van der Waals surface area (Å²) in [5.41, 5.74) is 10.5. The predicted octanol–water partition coefficient (Wildman–Crippen LogP) is 18.9. The number of anilines is 2. The molecule has 618 valence electrons. The number of nitrogens with one attached hydrogen (secondary N) is 1. The summed E-state index contributed by atoms with van der Waals surface area (Å²) < 4.78 is 22.0. The number of hydrogen-bond donors (Lipinski definition) is 1. The number of para-hydroxylation sites is 10. The number of piperidine rings is 2. The third-order valence-electron chi connectivity index (χ3n) is 19.5. The van der Waals surface area contributed by atoms with Gasteiger partial charge in [-0.2, -0.15) is 0 Å². The first-order valence-electron chi connectivity index (χ1n) is 39.4. The third-order valence-corrected chi connectivity index (χ3v) is 21.4. The molecule has 10 aromatic rings. The predicted molar refractivity (Wildman–Crippen MR) is 470 cm³/mol. The molecular formula is C85H103Cl5IN17O8. The number of ether oxygens (including phenoxy) is 4. The number of alkyl halides is 1. The second kappa shape index (κ2) is 38.6. The van der Waals surface area contributed by atoms with Crippen LogP contribution in [0.1, 0.15) is 168 Å². The monoisotopic (exact) mass is 1790 g/mol. The molecule has 7 aliphatic heterocycles. The summed E-state index contributed by atoms with van der Waals surface area (Å²) in [6.45, 7) is 34.0. The molecule has 17 rings (SSSR count). The van der Waals surface area contributed by atoms with E-state index in [1.165, 1.54) is 44.2 Å². The van der Waals surface area contributed by atoms with E-state index in [9.17, 15) is 19.2 Å². The third kappa shape index (κ3) is 23.8. The molecule has 7 saturated heterocycles. The first-order valence-corrected chi connectivity index (χ1v) is 42.1. The van der Waals surface area contributed by atoms with Gasteiger partial charge in [-0.25, -0.2) is 69.0 Å². The lowest BCUT2D eigenvalue weighted by molar-refractivity contribution is 0.00695. The quantitative estimate of drug-likeness (QED) is 0.0921. The van der Waals surface area contributed by atoms with Crippen molar-refractivity contribution < 1.29 is 38.1 Å². The van der Waals surface area contributed by atoms with Gasteiger partial charge in [-0.05, 0) is 182 Å². The van der Waals surface area contributed by atoms with Crippen LogP contribution in [-0.2, 0) is 18.9 Å². The van der Waals surface area contributed by atoms with Crippen LogP contribution in [-0.4, -0.2) is 212 Å².